The van der Waals surface area contributed by atoms with Gasteiger partial charge in [-0.2, -0.15) is 5.10 Å². The van der Waals surface area contributed by atoms with Gasteiger partial charge in [-0.15, -0.1) is 0 Å². The van der Waals surface area contributed by atoms with E-state index in [4.69, 9.17) is 5.10 Å². The third-order valence-electron chi connectivity index (χ3n) is 11.9. The number of aliphatic imine (C=N–C) groups is 3. The van der Waals surface area contributed by atoms with Crippen LogP contribution >= 0.6 is 0 Å². The van der Waals surface area contributed by atoms with E-state index in [0.717, 1.165) is 62.1 Å². The van der Waals surface area contributed by atoms with Gasteiger partial charge in [0.25, 0.3) is 0 Å². The molecule has 0 aromatic heterocycles. The van der Waals surface area contributed by atoms with Gasteiger partial charge in [0.05, 0.1) is 6.54 Å². The Balaban J connectivity index is 0.000000161. The standard InChI is InChI=1S/2C17H29N3/c1-3-15-14-8-10-17(15,2)9-6-4-5-7-16-19-12-18-13-20(16)11-14;1-3-15-14-8-10-17(15,2)9-6-4-5-7-16-18-11-12-20(13-14)19-16/h12,14-15H,3-11,13H2,1-2H3;11,14-15H,3-10,12-13H2,1-2H3. The van der Waals surface area contributed by atoms with Crippen molar-refractivity contribution in [3.05, 3.63) is 0 Å². The Morgan fingerprint density at radius 3 is 2.12 bits per heavy atom. The summed E-state index contributed by atoms with van der Waals surface area (Å²) in [5.41, 5.74) is 1.19. The molecule has 0 N–H and O–H groups in total. The molecule has 0 aromatic rings. The number of hydrogen-bond acceptors (Lipinski definition) is 6. The average molecular weight is 551 g/mol. The van der Waals surface area contributed by atoms with Gasteiger partial charge in [-0.3, -0.25) is 10.0 Å². The second-order valence-corrected chi connectivity index (χ2v) is 14.5. The number of rotatable bonds is 2. The Morgan fingerprint density at radius 2 is 1.45 bits per heavy atom. The van der Waals surface area contributed by atoms with Crippen LogP contribution in [0.4, 0.5) is 0 Å². The summed E-state index contributed by atoms with van der Waals surface area (Å²) in [6, 6.07) is 0. The van der Waals surface area contributed by atoms with Crippen molar-refractivity contribution in [3.63, 3.8) is 0 Å². The Hall–Kier alpha value is -1.72. The van der Waals surface area contributed by atoms with Gasteiger partial charge < -0.3 is 4.90 Å². The maximum absolute atomic E-state index is 4.78. The number of hydrazone groups is 1. The molecule has 0 spiro atoms. The molecule has 6 heteroatoms. The Morgan fingerprint density at radius 1 is 0.800 bits per heavy atom. The Bertz CT molecular complexity index is 952. The minimum Gasteiger partial charge on any atom is -0.340 e. The van der Waals surface area contributed by atoms with Crippen LogP contribution in [-0.2, 0) is 0 Å². The van der Waals surface area contributed by atoms with Gasteiger partial charge in [-0.25, -0.2) is 9.98 Å². The summed E-state index contributed by atoms with van der Waals surface area (Å²) in [5.74, 6) is 5.82. The maximum Gasteiger partial charge on any atom is 0.147 e. The largest absolute Gasteiger partial charge is 0.340 e. The highest BCUT2D eigenvalue weighted by molar-refractivity contribution is 5.91. The van der Waals surface area contributed by atoms with E-state index in [-0.39, 0.29) is 0 Å². The summed E-state index contributed by atoms with van der Waals surface area (Å²) in [6.07, 6.45) is 25.3. The first-order chi connectivity index (χ1) is 19.4. The fourth-order valence-corrected chi connectivity index (χ4v) is 9.67. The molecule has 1 saturated heterocycles. The smallest absolute Gasteiger partial charge is 0.147 e. The highest BCUT2D eigenvalue weighted by Crippen LogP contribution is 2.53. The van der Waals surface area contributed by atoms with Crippen LogP contribution in [-0.4, -0.2) is 60.4 Å². The molecular weight excluding hydrogens is 492 g/mol. The molecule has 6 atom stereocenters. The van der Waals surface area contributed by atoms with Crippen molar-refractivity contribution in [2.75, 3.05) is 26.3 Å². The molecule has 3 fully saturated rings. The zero-order chi connectivity index (χ0) is 28.0. The summed E-state index contributed by atoms with van der Waals surface area (Å²) in [6.45, 7) is 14.0. The van der Waals surface area contributed by atoms with E-state index < -0.39 is 0 Å². The van der Waals surface area contributed by atoms with Crippen molar-refractivity contribution in [1.29, 1.82) is 0 Å². The number of nitrogens with zero attached hydrogens (tertiary/aromatic N) is 6. The van der Waals surface area contributed by atoms with Gasteiger partial charge in [0.1, 0.15) is 24.7 Å². The predicted octanol–water partition coefficient (Wildman–Crippen LogP) is 8.19. The quantitative estimate of drug-likeness (QED) is 0.348. The highest BCUT2D eigenvalue weighted by Gasteiger charge is 2.45. The molecule has 2 aliphatic carbocycles. The van der Waals surface area contributed by atoms with E-state index >= 15 is 0 Å². The molecule has 0 amide bonds. The van der Waals surface area contributed by atoms with Crippen LogP contribution in [0.5, 0.6) is 0 Å². The molecule has 224 valence electrons. The van der Waals surface area contributed by atoms with Crippen molar-refractivity contribution < 1.29 is 0 Å². The minimum atomic E-state index is 0.592. The fraction of sp³-hybridized carbons (Fsp3) is 0.882. The first kappa shape index (κ1) is 29.8. The van der Waals surface area contributed by atoms with Crippen molar-refractivity contribution in [2.45, 2.75) is 130 Å². The summed E-state index contributed by atoms with van der Waals surface area (Å²) in [5, 5.41) is 7.06. The molecule has 6 bridgehead atoms. The third-order valence-corrected chi connectivity index (χ3v) is 11.9. The van der Waals surface area contributed by atoms with Crippen molar-refractivity contribution in [2.24, 2.45) is 54.6 Å². The van der Waals surface area contributed by atoms with E-state index in [1.807, 2.05) is 0 Å². The van der Waals surface area contributed by atoms with Gasteiger partial charge in [-0.1, -0.05) is 66.2 Å². The van der Waals surface area contributed by atoms with Gasteiger partial charge in [-0.05, 0) is 85.9 Å². The summed E-state index contributed by atoms with van der Waals surface area (Å²) >= 11 is 0. The summed E-state index contributed by atoms with van der Waals surface area (Å²) in [7, 11) is 0. The van der Waals surface area contributed by atoms with Crippen molar-refractivity contribution in [3.8, 4) is 0 Å². The normalized spacial score (nSPS) is 38.1. The lowest BCUT2D eigenvalue weighted by atomic mass is 9.72. The summed E-state index contributed by atoms with van der Waals surface area (Å²) < 4.78 is 0. The number of amidine groups is 2. The lowest BCUT2D eigenvalue weighted by molar-refractivity contribution is 0.140. The topological polar surface area (TPSA) is 55.9 Å². The first-order valence-corrected chi connectivity index (χ1v) is 17.1. The van der Waals surface area contributed by atoms with Gasteiger partial charge >= 0.3 is 0 Å². The second-order valence-electron chi connectivity index (χ2n) is 14.5. The molecule has 0 aromatic carbocycles. The average Bonchev–Trinajstić information content (AvgIpc) is 3.43. The summed E-state index contributed by atoms with van der Waals surface area (Å²) in [4.78, 5) is 15.9. The van der Waals surface area contributed by atoms with Crippen molar-refractivity contribution in [1.82, 2.24) is 9.91 Å². The first-order valence-electron chi connectivity index (χ1n) is 17.1. The predicted molar refractivity (Wildman–Crippen MR) is 170 cm³/mol. The lowest BCUT2D eigenvalue weighted by Gasteiger charge is -2.36. The SMILES string of the molecule is CCC1C2CCC1(C)CCCCCC1=NC=NCN1C2.CCC1C2CCC1(C)CCCCCC1=NN(CC=N1)C2. The van der Waals surface area contributed by atoms with Gasteiger partial charge in [0.2, 0.25) is 0 Å². The Kier molecular flexibility index (Phi) is 10.0. The molecule has 4 heterocycles. The van der Waals surface area contributed by atoms with E-state index in [1.165, 1.54) is 102 Å². The molecule has 4 aliphatic heterocycles. The van der Waals surface area contributed by atoms with E-state index in [2.05, 4.69) is 58.8 Å². The van der Waals surface area contributed by atoms with Crippen LogP contribution in [0.1, 0.15) is 130 Å². The second kappa shape index (κ2) is 13.5. The lowest BCUT2D eigenvalue weighted by Crippen LogP contribution is -2.39. The molecular formula is C34H58N6. The van der Waals surface area contributed by atoms with Crippen LogP contribution < -0.4 is 0 Å². The molecule has 6 aliphatic rings. The van der Waals surface area contributed by atoms with Crippen LogP contribution in [0, 0.1) is 34.5 Å². The molecule has 0 radical (unpaired) electrons. The van der Waals surface area contributed by atoms with E-state index in [9.17, 15) is 0 Å². The van der Waals surface area contributed by atoms with E-state index in [0.29, 0.717) is 10.8 Å². The molecule has 40 heavy (non-hydrogen) atoms. The highest BCUT2D eigenvalue weighted by atomic mass is 15.5. The van der Waals surface area contributed by atoms with Gasteiger partial charge in [0, 0.05) is 32.1 Å². The van der Waals surface area contributed by atoms with Crippen LogP contribution in [0.15, 0.2) is 20.1 Å². The third kappa shape index (κ3) is 6.84. The van der Waals surface area contributed by atoms with E-state index in [1.54, 1.807) is 6.34 Å². The molecule has 6 rings (SSSR count). The molecule has 6 unspecified atom stereocenters. The zero-order valence-electron chi connectivity index (χ0n) is 26.3. The fourth-order valence-electron chi connectivity index (χ4n) is 9.67. The minimum absolute atomic E-state index is 0.592. The number of hydrogen-bond donors (Lipinski definition) is 0. The molecule has 2 saturated carbocycles. The van der Waals surface area contributed by atoms with Crippen LogP contribution in [0.3, 0.4) is 0 Å². The monoisotopic (exact) mass is 550 g/mol. The number of fused-ring (bicyclic) bond motifs is 6. The van der Waals surface area contributed by atoms with Crippen molar-refractivity contribution >= 4 is 24.2 Å². The van der Waals surface area contributed by atoms with Gasteiger partial charge in [0.15, 0.2) is 0 Å². The zero-order valence-corrected chi connectivity index (χ0v) is 26.3. The molecule has 6 nitrogen and oxygen atoms in total. The van der Waals surface area contributed by atoms with Crippen LogP contribution in [0.25, 0.3) is 0 Å². The maximum atomic E-state index is 4.78. The van der Waals surface area contributed by atoms with Crippen LogP contribution in [0.2, 0.25) is 0 Å². The Labute approximate surface area is 245 Å².